The Morgan fingerprint density at radius 1 is 0.784 bits per heavy atom. The Kier molecular flexibility index (Phi) is 20.5. The summed E-state index contributed by atoms with van der Waals surface area (Å²) in [6, 6.07) is 18.4. The second-order valence-electron chi connectivity index (χ2n) is 18.9. The van der Waals surface area contributed by atoms with Gasteiger partial charge in [-0.05, 0) is 74.6 Å². The van der Waals surface area contributed by atoms with Crippen LogP contribution in [-0.4, -0.2) is 129 Å². The number of halogens is 2. The van der Waals surface area contributed by atoms with Crippen molar-refractivity contribution in [3.8, 4) is 17.0 Å². The summed E-state index contributed by atoms with van der Waals surface area (Å²) < 4.78 is 45.6. The molecule has 7 rings (SSSR count). The summed E-state index contributed by atoms with van der Waals surface area (Å²) in [5.74, 6) is -5.85. The number of thiazole rings is 1. The molecule has 3 aromatic carbocycles. The molecule has 74 heavy (non-hydrogen) atoms. The van der Waals surface area contributed by atoms with Crippen molar-refractivity contribution in [1.29, 1.82) is 0 Å². The van der Waals surface area contributed by atoms with Gasteiger partial charge in [0.1, 0.15) is 18.1 Å². The first kappa shape index (κ1) is 55.1. The van der Waals surface area contributed by atoms with Gasteiger partial charge in [-0.25, -0.2) is 14.2 Å². The Morgan fingerprint density at radius 2 is 1.45 bits per heavy atom. The highest BCUT2D eigenvalue weighted by atomic mass is 32.1. The van der Waals surface area contributed by atoms with Gasteiger partial charge in [0, 0.05) is 56.6 Å². The maximum atomic E-state index is 15.1. The van der Waals surface area contributed by atoms with Gasteiger partial charge in [-0.15, -0.1) is 11.3 Å². The van der Waals surface area contributed by atoms with Gasteiger partial charge in [0.25, 0.3) is 11.8 Å². The second-order valence-corrected chi connectivity index (χ2v) is 19.7. The van der Waals surface area contributed by atoms with Crippen molar-refractivity contribution in [3.63, 3.8) is 0 Å². The van der Waals surface area contributed by atoms with Gasteiger partial charge >= 0.3 is 6.09 Å². The Labute approximate surface area is 434 Å². The van der Waals surface area contributed by atoms with Gasteiger partial charge in [-0.3, -0.25) is 24.0 Å². The maximum absolute atomic E-state index is 15.1. The Bertz CT molecular complexity index is 2470. The minimum absolute atomic E-state index is 0.172. The number of rotatable bonds is 23. The highest BCUT2D eigenvalue weighted by molar-refractivity contribution is 7.14. The molecule has 1 aromatic heterocycles. The summed E-state index contributed by atoms with van der Waals surface area (Å²) in [5, 5.41) is 16.6. The molecule has 398 valence electrons. The van der Waals surface area contributed by atoms with Crippen LogP contribution in [0.5, 0.6) is 5.75 Å². The molecule has 0 bridgehead atoms. The Hall–Kier alpha value is -6.67. The number of hydrogen-bond donors (Lipinski definition) is 5. The smallest absolute Gasteiger partial charge is 0.407 e. The molecule has 4 atom stereocenters. The summed E-state index contributed by atoms with van der Waals surface area (Å²) in [6.07, 6.45) is 5.81. The normalized spacial score (nSPS) is 17.2. The SMILES string of the molecule is CNC(=O)OC(C)C(=O)NC(C(=O)N1CCC[C@H]1C(=O)NC(C(=O)NCCCCCCNC(=O)COc1c(-c2csc(N3CCOCC3)n2)ccc(F)c1F)C(c1ccccc1)c1ccccc1)C1CCCCC1. The lowest BCUT2D eigenvalue weighted by atomic mass is 9.83. The third-order valence-electron chi connectivity index (χ3n) is 13.8. The number of unbranched alkanes of at least 4 members (excludes halogenated alkanes) is 3. The molecule has 3 fully saturated rings. The van der Waals surface area contributed by atoms with E-state index in [0.717, 1.165) is 41.6 Å². The number of hydrogen-bond acceptors (Lipinski definition) is 12. The van der Waals surface area contributed by atoms with Gasteiger partial charge in [-0.2, -0.15) is 4.39 Å². The topological polar surface area (TPSA) is 210 Å². The molecule has 0 radical (unpaired) electrons. The van der Waals surface area contributed by atoms with E-state index in [1.807, 2.05) is 60.7 Å². The first-order chi connectivity index (χ1) is 35.9. The fourth-order valence-electron chi connectivity index (χ4n) is 9.83. The predicted molar refractivity (Wildman–Crippen MR) is 275 cm³/mol. The number of carbonyl (C=O) groups excluding carboxylic acids is 6. The van der Waals surface area contributed by atoms with Crippen molar-refractivity contribution >= 4 is 52.1 Å². The zero-order valence-electron chi connectivity index (χ0n) is 42.1. The largest absolute Gasteiger partial charge is 0.480 e. The van der Waals surface area contributed by atoms with Crippen LogP contribution in [0.25, 0.3) is 11.3 Å². The molecule has 4 aromatic rings. The van der Waals surface area contributed by atoms with E-state index in [0.29, 0.717) is 96.5 Å². The first-order valence-corrected chi connectivity index (χ1v) is 26.6. The van der Waals surface area contributed by atoms with Gasteiger partial charge in [0.05, 0.1) is 18.9 Å². The number of alkyl carbamates (subject to hydrolysis) is 1. The number of aromatic nitrogens is 1. The van der Waals surface area contributed by atoms with Gasteiger partial charge in [0.15, 0.2) is 29.4 Å². The molecule has 20 heteroatoms. The molecule has 3 heterocycles. The van der Waals surface area contributed by atoms with Gasteiger partial charge in [-0.1, -0.05) is 92.8 Å². The molecular weight excluding hydrogens is 975 g/mol. The molecule has 5 N–H and O–H groups in total. The minimum Gasteiger partial charge on any atom is -0.480 e. The van der Waals surface area contributed by atoms with E-state index >= 15 is 4.39 Å². The third kappa shape index (κ3) is 14.8. The summed E-state index contributed by atoms with van der Waals surface area (Å²) in [4.78, 5) is 89.9. The molecular formula is C54H68F2N8O9S. The van der Waals surface area contributed by atoms with Crippen LogP contribution in [0.2, 0.25) is 0 Å². The summed E-state index contributed by atoms with van der Waals surface area (Å²) >= 11 is 1.37. The van der Waals surface area contributed by atoms with Crippen LogP contribution < -0.4 is 36.2 Å². The number of benzene rings is 3. The average Bonchev–Trinajstić information content (AvgIpc) is 4.14. The molecule has 2 saturated heterocycles. The maximum Gasteiger partial charge on any atom is 0.407 e. The molecule has 3 unspecified atom stereocenters. The van der Waals surface area contributed by atoms with Gasteiger partial charge < -0.3 is 50.6 Å². The number of nitrogens with zero attached hydrogens (tertiary/aromatic N) is 3. The minimum atomic E-state index is -1.20. The highest BCUT2D eigenvalue weighted by Crippen LogP contribution is 2.37. The van der Waals surface area contributed by atoms with Crippen LogP contribution in [0, 0.1) is 17.6 Å². The summed E-state index contributed by atoms with van der Waals surface area (Å²) in [7, 11) is 1.39. The average molecular weight is 1040 g/mol. The van der Waals surface area contributed by atoms with Crippen LogP contribution in [0.15, 0.2) is 78.2 Å². The van der Waals surface area contributed by atoms with E-state index in [1.165, 1.54) is 36.3 Å². The fraction of sp³-hybridized carbons (Fsp3) is 0.500. The number of anilines is 1. The number of morpholine rings is 1. The number of ether oxygens (including phenoxy) is 3. The Balaban J connectivity index is 0.939. The lowest BCUT2D eigenvalue weighted by molar-refractivity contribution is -0.144. The Morgan fingerprint density at radius 3 is 2.11 bits per heavy atom. The van der Waals surface area contributed by atoms with E-state index in [4.69, 9.17) is 14.2 Å². The van der Waals surface area contributed by atoms with E-state index in [9.17, 15) is 33.2 Å². The number of nitrogens with one attached hydrogen (secondary N) is 5. The zero-order valence-corrected chi connectivity index (χ0v) is 42.9. The zero-order chi connectivity index (χ0) is 52.4. The van der Waals surface area contributed by atoms with Crippen molar-refractivity contribution in [3.05, 3.63) is 101 Å². The van der Waals surface area contributed by atoms with E-state index in [2.05, 4.69) is 36.5 Å². The lowest BCUT2D eigenvalue weighted by Crippen LogP contribution is -2.59. The molecule has 6 amide bonds. The summed E-state index contributed by atoms with van der Waals surface area (Å²) in [6.45, 7) is 4.27. The van der Waals surface area contributed by atoms with Crippen LogP contribution in [0.3, 0.4) is 0 Å². The van der Waals surface area contributed by atoms with Crippen molar-refractivity contribution in [2.45, 2.75) is 108 Å². The monoisotopic (exact) mass is 1040 g/mol. The molecule has 0 spiro atoms. The van der Waals surface area contributed by atoms with Crippen molar-refractivity contribution < 1.29 is 51.8 Å². The fourth-order valence-corrected chi connectivity index (χ4v) is 10.7. The number of carbonyl (C=O) groups is 6. The predicted octanol–water partition coefficient (Wildman–Crippen LogP) is 6.21. The van der Waals surface area contributed by atoms with E-state index < -0.39 is 78.1 Å². The quantitative estimate of drug-likeness (QED) is 0.0528. The van der Waals surface area contributed by atoms with Gasteiger partial charge in [0.2, 0.25) is 23.5 Å². The van der Waals surface area contributed by atoms with Crippen molar-refractivity contribution in [1.82, 2.24) is 36.5 Å². The van der Waals surface area contributed by atoms with Crippen molar-refractivity contribution in [2.24, 2.45) is 5.92 Å². The first-order valence-electron chi connectivity index (χ1n) is 25.8. The lowest BCUT2D eigenvalue weighted by Gasteiger charge is -2.35. The van der Waals surface area contributed by atoms with Crippen LogP contribution in [0.4, 0.5) is 18.7 Å². The van der Waals surface area contributed by atoms with Crippen LogP contribution in [-0.2, 0) is 33.4 Å². The molecule has 2 aliphatic heterocycles. The molecule has 3 aliphatic rings. The molecule has 1 saturated carbocycles. The van der Waals surface area contributed by atoms with Crippen LogP contribution in [0.1, 0.15) is 94.6 Å². The number of amides is 6. The molecule has 1 aliphatic carbocycles. The van der Waals surface area contributed by atoms with Crippen LogP contribution >= 0.6 is 11.3 Å². The van der Waals surface area contributed by atoms with Crippen molar-refractivity contribution in [2.75, 3.05) is 64.5 Å². The summed E-state index contributed by atoms with van der Waals surface area (Å²) in [5.41, 5.74) is 2.25. The second kappa shape index (κ2) is 27.6. The highest BCUT2D eigenvalue weighted by Gasteiger charge is 2.43. The van der Waals surface area contributed by atoms with E-state index in [-0.39, 0.29) is 29.7 Å². The van der Waals surface area contributed by atoms with E-state index in [1.54, 1.807) is 5.38 Å². The number of likely N-dealkylation sites (tertiary alicyclic amines) is 1. The molecule has 17 nitrogen and oxygen atoms in total. The third-order valence-corrected chi connectivity index (χ3v) is 14.7. The standard InChI is InChI=1S/C54H68F2N8O9S/c1-35(73-54(70)57-2)49(66)61-46(38-21-12-7-13-22-38)52(69)64-28-16-23-42(64)50(67)62-47(44(36-17-8-5-9-18-36)37-19-10-6-11-20-37)51(68)59-27-15-4-3-14-26-58-43(65)33-72-48-39(24-25-40(55)45(48)56)41-34-74-53(60-41)63-29-31-71-32-30-63/h5-6,8-11,17-20,24-25,34-35,38,42,44,46-47H,3-4,7,12-16,21-23,26-33H2,1-2H3,(H,57,70)(H,58,65)(H,59,68)(H,61,66)(H,62,67)/t35?,42-,46?,47?/m0/s1.